The Morgan fingerprint density at radius 1 is 1.20 bits per heavy atom. The molecule has 1 atom stereocenters. The number of amides is 1. The van der Waals surface area contributed by atoms with Gasteiger partial charge in [0.2, 0.25) is 0 Å². The molecule has 0 saturated heterocycles. The number of rotatable bonds is 4. The highest BCUT2D eigenvalue weighted by molar-refractivity contribution is 6.06. The summed E-state index contributed by atoms with van der Waals surface area (Å²) in [7, 11) is 0. The van der Waals surface area contributed by atoms with E-state index in [0.29, 0.717) is 11.5 Å². The molecule has 0 aliphatic heterocycles. The van der Waals surface area contributed by atoms with Crippen LogP contribution in [0.2, 0.25) is 0 Å². The first-order chi connectivity index (χ1) is 9.77. The Bertz CT molecular complexity index is 578. The van der Waals surface area contributed by atoms with Gasteiger partial charge < -0.3 is 4.90 Å². The van der Waals surface area contributed by atoms with E-state index in [1.54, 1.807) is 18.5 Å². The van der Waals surface area contributed by atoms with Gasteiger partial charge in [-0.2, -0.15) is 0 Å². The van der Waals surface area contributed by atoms with Crippen molar-refractivity contribution in [3.63, 3.8) is 0 Å². The van der Waals surface area contributed by atoms with Gasteiger partial charge in [0.1, 0.15) is 0 Å². The molecule has 1 aliphatic rings. The molecule has 1 fully saturated rings. The Morgan fingerprint density at radius 3 is 2.55 bits per heavy atom. The predicted octanol–water partition coefficient (Wildman–Crippen LogP) is 3.53. The summed E-state index contributed by atoms with van der Waals surface area (Å²) in [4.78, 5) is 18.8. The molecule has 1 aromatic heterocycles. The van der Waals surface area contributed by atoms with Crippen LogP contribution in [0.4, 0.5) is 5.69 Å². The number of pyridine rings is 1. The summed E-state index contributed by atoms with van der Waals surface area (Å²) >= 11 is 0. The molecule has 0 N–H and O–H groups in total. The summed E-state index contributed by atoms with van der Waals surface area (Å²) < 4.78 is 0. The minimum Gasteiger partial charge on any atom is -0.305 e. The van der Waals surface area contributed by atoms with Gasteiger partial charge in [0.25, 0.3) is 5.91 Å². The van der Waals surface area contributed by atoms with Crippen LogP contribution in [0, 0.1) is 5.92 Å². The van der Waals surface area contributed by atoms with Crippen molar-refractivity contribution >= 4 is 11.6 Å². The van der Waals surface area contributed by atoms with Crippen LogP contribution in [0.25, 0.3) is 0 Å². The van der Waals surface area contributed by atoms with Crippen LogP contribution >= 0.6 is 0 Å². The number of hydrogen-bond donors (Lipinski definition) is 0. The Labute approximate surface area is 119 Å². The molecule has 102 valence electrons. The lowest BCUT2D eigenvalue weighted by Crippen LogP contribution is -2.40. The van der Waals surface area contributed by atoms with Gasteiger partial charge in [0.05, 0.1) is 5.56 Å². The molecule has 1 amide bonds. The van der Waals surface area contributed by atoms with Crippen molar-refractivity contribution in [1.29, 1.82) is 0 Å². The Hall–Kier alpha value is -2.16. The smallest absolute Gasteiger partial charge is 0.260 e. The van der Waals surface area contributed by atoms with Crippen molar-refractivity contribution < 1.29 is 4.79 Å². The van der Waals surface area contributed by atoms with Crippen molar-refractivity contribution in [1.82, 2.24) is 4.98 Å². The third kappa shape index (κ3) is 2.57. The molecule has 20 heavy (non-hydrogen) atoms. The quantitative estimate of drug-likeness (QED) is 0.848. The fourth-order valence-corrected chi connectivity index (χ4v) is 2.54. The number of carbonyl (C=O) groups is 1. The predicted molar refractivity (Wildman–Crippen MR) is 79.7 cm³/mol. The van der Waals surface area contributed by atoms with E-state index in [0.717, 1.165) is 5.69 Å². The third-order valence-corrected chi connectivity index (χ3v) is 3.87. The van der Waals surface area contributed by atoms with Crippen LogP contribution in [0.3, 0.4) is 0 Å². The van der Waals surface area contributed by atoms with Gasteiger partial charge in [0.15, 0.2) is 0 Å². The SMILES string of the molecule is C[C@@H](C1CC1)N(C(=O)c1cccnc1)c1ccccc1. The second-order valence-electron chi connectivity index (χ2n) is 5.33. The molecule has 2 aromatic rings. The molecule has 3 rings (SSSR count). The van der Waals surface area contributed by atoms with Crippen LogP contribution < -0.4 is 4.90 Å². The van der Waals surface area contributed by atoms with Crippen LogP contribution in [0.1, 0.15) is 30.1 Å². The average molecular weight is 266 g/mol. The van der Waals surface area contributed by atoms with Crippen molar-refractivity contribution in [2.45, 2.75) is 25.8 Å². The van der Waals surface area contributed by atoms with Gasteiger partial charge in [-0.05, 0) is 49.9 Å². The largest absolute Gasteiger partial charge is 0.305 e. The zero-order valence-electron chi connectivity index (χ0n) is 11.6. The molecule has 3 nitrogen and oxygen atoms in total. The molecule has 1 aromatic carbocycles. The maximum Gasteiger partial charge on any atom is 0.260 e. The van der Waals surface area contributed by atoms with Gasteiger partial charge in [-0.1, -0.05) is 18.2 Å². The van der Waals surface area contributed by atoms with E-state index >= 15 is 0 Å². The van der Waals surface area contributed by atoms with E-state index in [1.165, 1.54) is 12.8 Å². The summed E-state index contributed by atoms with van der Waals surface area (Å²) in [5, 5.41) is 0. The summed E-state index contributed by atoms with van der Waals surface area (Å²) in [6.07, 6.45) is 5.75. The highest BCUT2D eigenvalue weighted by Gasteiger charge is 2.35. The first-order valence-corrected chi connectivity index (χ1v) is 7.06. The molecular formula is C17H18N2O. The zero-order valence-corrected chi connectivity index (χ0v) is 11.6. The number of aromatic nitrogens is 1. The number of nitrogens with zero attached hydrogens (tertiary/aromatic N) is 2. The van der Waals surface area contributed by atoms with Gasteiger partial charge in [-0.15, -0.1) is 0 Å². The first kappa shape index (κ1) is 12.9. The highest BCUT2D eigenvalue weighted by atomic mass is 16.2. The lowest BCUT2D eigenvalue weighted by atomic mass is 10.1. The van der Waals surface area contributed by atoms with Crippen molar-refractivity contribution in [2.75, 3.05) is 4.90 Å². The minimum atomic E-state index is 0.0312. The molecular weight excluding hydrogens is 248 g/mol. The standard InChI is InChI=1S/C17H18N2O/c1-13(14-9-10-14)19(16-7-3-2-4-8-16)17(20)15-6-5-11-18-12-15/h2-8,11-14H,9-10H2,1H3/t13-/m0/s1. The maximum atomic E-state index is 12.8. The molecule has 0 bridgehead atoms. The van der Waals surface area contributed by atoms with Gasteiger partial charge in [0, 0.05) is 24.1 Å². The van der Waals surface area contributed by atoms with Gasteiger partial charge >= 0.3 is 0 Å². The normalized spacial score (nSPS) is 15.7. The second kappa shape index (κ2) is 5.45. The van der Waals surface area contributed by atoms with Crippen LogP contribution in [-0.2, 0) is 0 Å². The lowest BCUT2D eigenvalue weighted by molar-refractivity contribution is 0.0975. The van der Waals surface area contributed by atoms with Gasteiger partial charge in [-0.25, -0.2) is 0 Å². The number of anilines is 1. The van der Waals surface area contributed by atoms with E-state index in [2.05, 4.69) is 11.9 Å². The summed E-state index contributed by atoms with van der Waals surface area (Å²) in [5.74, 6) is 0.652. The van der Waals surface area contributed by atoms with Crippen LogP contribution in [0.15, 0.2) is 54.9 Å². The number of hydrogen-bond acceptors (Lipinski definition) is 2. The van der Waals surface area contributed by atoms with E-state index in [4.69, 9.17) is 0 Å². The Balaban J connectivity index is 1.95. The fraction of sp³-hybridized carbons (Fsp3) is 0.294. The average Bonchev–Trinajstić information content (AvgIpc) is 3.34. The van der Waals surface area contributed by atoms with Gasteiger partial charge in [-0.3, -0.25) is 9.78 Å². The lowest BCUT2D eigenvalue weighted by Gasteiger charge is -2.29. The molecule has 0 radical (unpaired) electrons. The van der Waals surface area contributed by atoms with Crippen molar-refractivity contribution in [3.05, 3.63) is 60.4 Å². The minimum absolute atomic E-state index is 0.0312. The Morgan fingerprint density at radius 2 is 1.95 bits per heavy atom. The molecule has 1 aliphatic carbocycles. The van der Waals surface area contributed by atoms with Crippen molar-refractivity contribution in [2.24, 2.45) is 5.92 Å². The fourth-order valence-electron chi connectivity index (χ4n) is 2.54. The second-order valence-corrected chi connectivity index (χ2v) is 5.33. The number of para-hydroxylation sites is 1. The van der Waals surface area contributed by atoms with E-state index < -0.39 is 0 Å². The third-order valence-electron chi connectivity index (χ3n) is 3.87. The molecule has 1 heterocycles. The molecule has 1 saturated carbocycles. The Kier molecular flexibility index (Phi) is 3.50. The van der Waals surface area contributed by atoms with E-state index in [1.807, 2.05) is 41.3 Å². The molecule has 0 spiro atoms. The highest BCUT2D eigenvalue weighted by Crippen LogP contribution is 2.37. The number of benzene rings is 1. The summed E-state index contributed by atoms with van der Waals surface area (Å²) in [5.41, 5.74) is 1.60. The number of carbonyl (C=O) groups excluding carboxylic acids is 1. The van der Waals surface area contributed by atoms with Crippen LogP contribution in [-0.4, -0.2) is 16.9 Å². The summed E-state index contributed by atoms with van der Waals surface area (Å²) in [6, 6.07) is 13.8. The topological polar surface area (TPSA) is 33.2 Å². The first-order valence-electron chi connectivity index (χ1n) is 7.06. The molecule has 3 heteroatoms. The van der Waals surface area contributed by atoms with E-state index in [-0.39, 0.29) is 11.9 Å². The summed E-state index contributed by atoms with van der Waals surface area (Å²) in [6.45, 7) is 2.14. The monoisotopic (exact) mass is 266 g/mol. The van der Waals surface area contributed by atoms with E-state index in [9.17, 15) is 4.79 Å². The van der Waals surface area contributed by atoms with Crippen molar-refractivity contribution in [3.8, 4) is 0 Å². The zero-order chi connectivity index (χ0) is 13.9. The van der Waals surface area contributed by atoms with Crippen LogP contribution in [0.5, 0.6) is 0 Å². The molecule has 0 unspecified atom stereocenters. The maximum absolute atomic E-state index is 12.8.